The van der Waals surface area contributed by atoms with Gasteiger partial charge in [0, 0.05) is 10.6 Å². The lowest BCUT2D eigenvalue weighted by Gasteiger charge is -2.07. The van der Waals surface area contributed by atoms with Crippen LogP contribution in [0.15, 0.2) is 53.6 Å². The van der Waals surface area contributed by atoms with Gasteiger partial charge in [0.05, 0.1) is 0 Å². The summed E-state index contributed by atoms with van der Waals surface area (Å²) in [6.07, 6.45) is 0. The highest BCUT2D eigenvalue weighted by Crippen LogP contribution is 2.33. The Kier molecular flexibility index (Phi) is 3.14. The van der Waals surface area contributed by atoms with Crippen LogP contribution in [0.5, 0.6) is 17.2 Å². The van der Waals surface area contributed by atoms with Gasteiger partial charge in [0.2, 0.25) is 0 Å². The molecule has 84 valence electrons. The van der Waals surface area contributed by atoms with Crippen LogP contribution < -0.4 is 4.74 Å². The Morgan fingerprint density at radius 2 is 1.88 bits per heavy atom. The first-order chi connectivity index (χ1) is 8.29. The van der Waals surface area contributed by atoms with Crippen molar-refractivity contribution in [3.8, 4) is 17.2 Å². The lowest BCUT2D eigenvalue weighted by Crippen LogP contribution is -1.83. The van der Waals surface area contributed by atoms with Crippen LogP contribution in [0, 0.1) is 0 Å². The molecule has 0 aromatic heterocycles. The molecule has 0 unspecified atom stereocenters. The van der Waals surface area contributed by atoms with Gasteiger partial charge in [-0.25, -0.2) is 0 Å². The van der Waals surface area contributed by atoms with E-state index >= 15 is 0 Å². The van der Waals surface area contributed by atoms with Crippen LogP contribution in [-0.4, -0.2) is 5.11 Å². The van der Waals surface area contributed by atoms with Gasteiger partial charge in [0.25, 0.3) is 0 Å². The van der Waals surface area contributed by atoms with Crippen molar-refractivity contribution in [3.05, 3.63) is 59.0 Å². The highest BCUT2D eigenvalue weighted by Gasteiger charge is 2.04. The van der Waals surface area contributed by atoms with Gasteiger partial charge in [0.15, 0.2) is 11.5 Å². The Morgan fingerprint density at radius 1 is 1.12 bits per heavy atom. The topological polar surface area (TPSA) is 78.2 Å². The van der Waals surface area contributed by atoms with Crippen LogP contribution in [0.3, 0.4) is 0 Å². The predicted octanol–water partition coefficient (Wildman–Crippen LogP) is 4.13. The second-order valence-corrected chi connectivity index (χ2v) is 3.26. The van der Waals surface area contributed by atoms with Gasteiger partial charge < -0.3 is 9.84 Å². The average molecular weight is 227 g/mol. The molecule has 0 amide bonds. The van der Waals surface area contributed by atoms with Gasteiger partial charge in [-0.1, -0.05) is 23.3 Å². The maximum atomic E-state index is 9.60. The molecule has 0 aliphatic rings. The summed E-state index contributed by atoms with van der Waals surface area (Å²) in [5, 5.41) is 13.0. The molecule has 0 heterocycles. The molecule has 5 heteroatoms. The molecule has 0 aliphatic heterocycles. The maximum Gasteiger partial charge on any atom is 0.169 e. The first-order valence-electron chi connectivity index (χ1n) is 4.90. The van der Waals surface area contributed by atoms with Gasteiger partial charge in [-0.3, -0.25) is 0 Å². The van der Waals surface area contributed by atoms with Gasteiger partial charge in [-0.2, -0.15) is 0 Å². The smallest absolute Gasteiger partial charge is 0.169 e. The number of nitrogens with zero attached hydrogens (tertiary/aromatic N) is 3. The second-order valence-electron chi connectivity index (χ2n) is 3.26. The minimum absolute atomic E-state index is 0.00857. The molecule has 17 heavy (non-hydrogen) atoms. The van der Waals surface area contributed by atoms with Crippen molar-refractivity contribution in [2.24, 2.45) is 5.11 Å². The van der Waals surface area contributed by atoms with Crippen molar-refractivity contribution in [2.75, 3.05) is 0 Å². The lowest BCUT2D eigenvalue weighted by molar-refractivity contribution is 0.411. The molecular weight excluding hydrogens is 218 g/mol. The van der Waals surface area contributed by atoms with E-state index in [0.717, 1.165) is 0 Å². The van der Waals surface area contributed by atoms with Crippen molar-refractivity contribution >= 4 is 5.69 Å². The number of hydrogen-bond donors (Lipinski definition) is 1. The number of aromatic hydroxyl groups is 1. The summed E-state index contributed by atoms with van der Waals surface area (Å²) >= 11 is 0. The Bertz CT molecular complexity index is 563. The molecule has 0 fully saturated rings. The predicted molar refractivity (Wildman–Crippen MR) is 63.4 cm³/mol. The quantitative estimate of drug-likeness (QED) is 0.486. The van der Waals surface area contributed by atoms with Crippen LogP contribution in [0.4, 0.5) is 5.69 Å². The summed E-state index contributed by atoms with van der Waals surface area (Å²) in [7, 11) is 0. The number of ether oxygens (including phenoxy) is 1. The fourth-order valence-corrected chi connectivity index (χ4v) is 1.31. The molecule has 0 bridgehead atoms. The average Bonchev–Trinajstić information content (AvgIpc) is 2.35. The minimum Gasteiger partial charge on any atom is -0.504 e. The SMILES string of the molecule is [N-]=[N+]=Nc1ccc(O)c(Oc2ccccc2)c1. The monoisotopic (exact) mass is 227 g/mol. The fourth-order valence-electron chi connectivity index (χ4n) is 1.31. The third-order valence-electron chi connectivity index (χ3n) is 2.07. The van der Waals surface area contributed by atoms with Gasteiger partial charge >= 0.3 is 0 Å². The normalized spacial score (nSPS) is 9.41. The number of phenols is 1. The molecule has 2 rings (SSSR count). The molecule has 0 radical (unpaired) electrons. The number of azide groups is 1. The van der Waals surface area contributed by atoms with Crippen molar-refractivity contribution in [1.29, 1.82) is 0 Å². The van der Waals surface area contributed by atoms with Gasteiger partial charge in [-0.05, 0) is 35.9 Å². The van der Waals surface area contributed by atoms with E-state index in [1.807, 2.05) is 18.2 Å². The fraction of sp³-hybridized carbons (Fsp3) is 0. The van der Waals surface area contributed by atoms with Crippen molar-refractivity contribution in [2.45, 2.75) is 0 Å². The molecule has 1 N–H and O–H groups in total. The minimum atomic E-state index is -0.00857. The third kappa shape index (κ3) is 2.68. The molecule has 2 aromatic rings. The molecular formula is C12H9N3O2. The summed E-state index contributed by atoms with van der Waals surface area (Å²) in [5.74, 6) is 0.840. The van der Waals surface area contributed by atoms with E-state index in [-0.39, 0.29) is 11.5 Å². The summed E-state index contributed by atoms with van der Waals surface area (Å²) < 4.78 is 5.46. The Labute approximate surface area is 97.5 Å². The van der Waals surface area contributed by atoms with E-state index in [1.165, 1.54) is 18.2 Å². The molecule has 0 aliphatic carbocycles. The van der Waals surface area contributed by atoms with Crippen molar-refractivity contribution in [1.82, 2.24) is 0 Å². The van der Waals surface area contributed by atoms with E-state index < -0.39 is 0 Å². The highest BCUT2D eigenvalue weighted by molar-refractivity contribution is 5.52. The van der Waals surface area contributed by atoms with Crippen molar-refractivity contribution < 1.29 is 9.84 Å². The van der Waals surface area contributed by atoms with E-state index in [0.29, 0.717) is 11.4 Å². The summed E-state index contributed by atoms with van der Waals surface area (Å²) in [6.45, 7) is 0. The van der Waals surface area contributed by atoms with E-state index in [9.17, 15) is 5.11 Å². The standard InChI is InChI=1S/C12H9N3O2/c13-15-14-9-6-7-11(16)12(8-9)17-10-4-2-1-3-5-10/h1-8,16H. The Morgan fingerprint density at radius 3 is 2.59 bits per heavy atom. The third-order valence-corrected chi connectivity index (χ3v) is 2.07. The van der Waals surface area contributed by atoms with Crippen LogP contribution >= 0.6 is 0 Å². The number of hydrogen-bond acceptors (Lipinski definition) is 3. The molecule has 0 saturated carbocycles. The Balaban J connectivity index is 2.32. The second kappa shape index (κ2) is 4.92. The summed E-state index contributed by atoms with van der Waals surface area (Å²) in [5.41, 5.74) is 8.71. The molecule has 2 aromatic carbocycles. The molecule has 0 atom stereocenters. The zero-order valence-electron chi connectivity index (χ0n) is 8.82. The summed E-state index contributed by atoms with van der Waals surface area (Å²) in [4.78, 5) is 2.67. The Hall–Kier alpha value is -2.65. The molecule has 5 nitrogen and oxygen atoms in total. The van der Waals surface area contributed by atoms with Crippen LogP contribution in [-0.2, 0) is 0 Å². The first kappa shape index (κ1) is 10.9. The molecule has 0 spiro atoms. The first-order valence-corrected chi connectivity index (χ1v) is 4.90. The molecule has 0 saturated heterocycles. The number of benzene rings is 2. The lowest BCUT2D eigenvalue weighted by atomic mass is 10.3. The van der Waals surface area contributed by atoms with E-state index in [1.54, 1.807) is 12.1 Å². The van der Waals surface area contributed by atoms with Gasteiger partial charge in [0.1, 0.15) is 5.75 Å². The van der Waals surface area contributed by atoms with Crippen molar-refractivity contribution in [3.63, 3.8) is 0 Å². The van der Waals surface area contributed by atoms with Crippen LogP contribution in [0.25, 0.3) is 10.4 Å². The maximum absolute atomic E-state index is 9.60. The number of phenolic OH excluding ortho intramolecular Hbond substituents is 1. The largest absolute Gasteiger partial charge is 0.504 e. The zero-order chi connectivity index (χ0) is 12.1. The number of para-hydroxylation sites is 1. The van der Waals surface area contributed by atoms with E-state index in [4.69, 9.17) is 10.3 Å². The van der Waals surface area contributed by atoms with Gasteiger partial charge in [-0.15, -0.1) is 0 Å². The van der Waals surface area contributed by atoms with E-state index in [2.05, 4.69) is 10.0 Å². The number of rotatable bonds is 3. The van der Waals surface area contributed by atoms with Crippen LogP contribution in [0.1, 0.15) is 0 Å². The van der Waals surface area contributed by atoms with Crippen LogP contribution in [0.2, 0.25) is 0 Å². The zero-order valence-corrected chi connectivity index (χ0v) is 8.82. The highest BCUT2D eigenvalue weighted by atomic mass is 16.5. The summed E-state index contributed by atoms with van der Waals surface area (Å²) in [6, 6.07) is 13.4.